The summed E-state index contributed by atoms with van der Waals surface area (Å²) in [6.45, 7) is 5.34. The van der Waals surface area contributed by atoms with Gasteiger partial charge in [-0.1, -0.05) is 38.0 Å². The van der Waals surface area contributed by atoms with Crippen LogP contribution in [-0.2, 0) is 21.4 Å². The highest BCUT2D eigenvalue weighted by Crippen LogP contribution is 2.27. The molecular formula is C32H41N5O5S. The maximum absolute atomic E-state index is 12.8. The number of carbonyl (C=O) groups excluding carboxylic acids is 2. The summed E-state index contributed by atoms with van der Waals surface area (Å²) in [5, 5.41) is 8.77. The van der Waals surface area contributed by atoms with Crippen molar-refractivity contribution in [3.63, 3.8) is 0 Å². The van der Waals surface area contributed by atoms with Crippen LogP contribution < -0.4 is 25.4 Å². The zero-order chi connectivity index (χ0) is 30.8. The molecule has 2 atom stereocenters. The number of piperidine rings is 1. The van der Waals surface area contributed by atoms with E-state index in [2.05, 4.69) is 44.6 Å². The highest BCUT2D eigenvalue weighted by Gasteiger charge is 2.29. The van der Waals surface area contributed by atoms with Crippen LogP contribution in [0.4, 0.5) is 21.9 Å². The standard InChI is InChI=1S/C32H41N5O5S/c1-4-5-9-29-21-28(35-32(39)34-27-8-6-7-26(20-27)33-23(2)38)18-19-37(29)22-24-10-14-30(15-11-24)42-31-16-12-25(13-17-31)36-43(3,40)41/h6-8,10-17,20,28-29,36H,4-5,9,18-19,21-22H2,1-3H3,(H,33,38)(H2,34,35,39). The molecule has 0 saturated carbocycles. The molecule has 0 aromatic heterocycles. The van der Waals surface area contributed by atoms with Crippen LogP contribution in [0, 0.1) is 0 Å². The van der Waals surface area contributed by atoms with Crippen molar-refractivity contribution in [2.24, 2.45) is 0 Å². The second-order valence-corrected chi connectivity index (χ2v) is 12.7. The van der Waals surface area contributed by atoms with E-state index in [9.17, 15) is 18.0 Å². The van der Waals surface area contributed by atoms with Gasteiger partial charge in [-0.25, -0.2) is 13.2 Å². The summed E-state index contributed by atoms with van der Waals surface area (Å²) in [7, 11) is -3.33. The third-order valence-corrected chi connectivity index (χ3v) is 7.81. The normalized spacial score (nSPS) is 17.1. The molecule has 3 aromatic carbocycles. The number of rotatable bonds is 12. The molecule has 4 rings (SSSR count). The molecule has 3 amide bonds. The summed E-state index contributed by atoms with van der Waals surface area (Å²) < 4.78 is 31.2. The largest absolute Gasteiger partial charge is 0.457 e. The Labute approximate surface area is 254 Å². The summed E-state index contributed by atoms with van der Waals surface area (Å²) in [5.41, 5.74) is 2.92. The van der Waals surface area contributed by atoms with Crippen LogP contribution in [-0.4, -0.2) is 50.1 Å². The molecule has 0 spiro atoms. The number of sulfonamides is 1. The SMILES string of the molecule is CCCCC1CC(NC(=O)Nc2cccc(NC(C)=O)c2)CCN1Cc1ccc(Oc2ccc(NS(C)(=O)=O)cc2)cc1. The Bertz CT molecular complexity index is 1480. The fourth-order valence-corrected chi connectivity index (χ4v) is 5.81. The molecule has 3 aromatic rings. The lowest BCUT2D eigenvalue weighted by Gasteiger charge is -2.40. The maximum atomic E-state index is 12.8. The maximum Gasteiger partial charge on any atom is 0.319 e. The van der Waals surface area contributed by atoms with Crippen LogP contribution in [0.3, 0.4) is 0 Å². The second-order valence-electron chi connectivity index (χ2n) is 11.0. The Kier molecular flexibility index (Phi) is 11.0. The summed E-state index contributed by atoms with van der Waals surface area (Å²) >= 11 is 0. The average Bonchev–Trinajstić information content (AvgIpc) is 2.94. The number of nitrogens with one attached hydrogen (secondary N) is 4. The minimum atomic E-state index is -3.33. The number of ether oxygens (including phenoxy) is 1. The van der Waals surface area contributed by atoms with Gasteiger partial charge in [0.1, 0.15) is 11.5 Å². The average molecular weight is 608 g/mol. The van der Waals surface area contributed by atoms with Crippen LogP contribution in [0.5, 0.6) is 11.5 Å². The van der Waals surface area contributed by atoms with Gasteiger partial charge in [0.05, 0.1) is 6.26 Å². The number of carbonyl (C=O) groups is 2. The van der Waals surface area contributed by atoms with Gasteiger partial charge in [0.25, 0.3) is 0 Å². The molecule has 43 heavy (non-hydrogen) atoms. The van der Waals surface area contributed by atoms with Crippen molar-refractivity contribution < 1.29 is 22.7 Å². The minimum Gasteiger partial charge on any atom is -0.457 e. The number of urea groups is 1. The first kappa shape index (κ1) is 31.8. The molecule has 1 fully saturated rings. The van der Waals surface area contributed by atoms with E-state index in [4.69, 9.17) is 4.74 Å². The number of hydrogen-bond donors (Lipinski definition) is 4. The Morgan fingerprint density at radius 1 is 0.930 bits per heavy atom. The van der Waals surface area contributed by atoms with E-state index >= 15 is 0 Å². The molecule has 0 aliphatic carbocycles. The third-order valence-electron chi connectivity index (χ3n) is 7.21. The van der Waals surface area contributed by atoms with Gasteiger partial charge in [-0.05, 0) is 79.4 Å². The number of amides is 3. The third kappa shape index (κ3) is 10.6. The van der Waals surface area contributed by atoms with Crippen molar-refractivity contribution in [3.8, 4) is 11.5 Å². The molecule has 1 aliphatic heterocycles. The van der Waals surface area contributed by atoms with E-state index in [0.29, 0.717) is 34.6 Å². The quantitative estimate of drug-likeness (QED) is 0.195. The second kappa shape index (κ2) is 14.9. The highest BCUT2D eigenvalue weighted by atomic mass is 32.2. The fraction of sp³-hybridized carbons (Fsp3) is 0.375. The van der Waals surface area contributed by atoms with Gasteiger partial charge in [0.2, 0.25) is 15.9 Å². The van der Waals surface area contributed by atoms with Crippen molar-refractivity contribution in [1.29, 1.82) is 0 Å². The first-order chi connectivity index (χ1) is 20.6. The number of benzene rings is 3. The lowest BCUT2D eigenvalue weighted by Crippen LogP contribution is -2.50. The fourth-order valence-electron chi connectivity index (χ4n) is 5.25. The number of likely N-dealkylation sites (tertiary alicyclic amines) is 1. The topological polar surface area (TPSA) is 129 Å². The van der Waals surface area contributed by atoms with Crippen LogP contribution in [0.1, 0.15) is 51.5 Å². The van der Waals surface area contributed by atoms with Gasteiger partial charge in [-0.15, -0.1) is 0 Å². The van der Waals surface area contributed by atoms with Gasteiger partial charge < -0.3 is 20.7 Å². The predicted molar refractivity (Wildman–Crippen MR) is 171 cm³/mol. The van der Waals surface area contributed by atoms with Crippen LogP contribution in [0.2, 0.25) is 0 Å². The van der Waals surface area contributed by atoms with Gasteiger partial charge >= 0.3 is 6.03 Å². The van der Waals surface area contributed by atoms with Crippen molar-refractivity contribution in [1.82, 2.24) is 10.2 Å². The van der Waals surface area contributed by atoms with E-state index < -0.39 is 10.0 Å². The van der Waals surface area contributed by atoms with Gasteiger partial charge in [0, 0.05) is 49.2 Å². The van der Waals surface area contributed by atoms with Crippen molar-refractivity contribution >= 4 is 39.0 Å². The number of nitrogens with zero attached hydrogens (tertiary/aromatic N) is 1. The molecule has 10 nitrogen and oxygen atoms in total. The Morgan fingerprint density at radius 2 is 1.58 bits per heavy atom. The van der Waals surface area contributed by atoms with Gasteiger partial charge in [-0.3, -0.25) is 14.4 Å². The molecule has 230 valence electrons. The predicted octanol–water partition coefficient (Wildman–Crippen LogP) is 6.15. The summed E-state index contributed by atoms with van der Waals surface area (Å²) in [5.74, 6) is 1.15. The van der Waals surface area contributed by atoms with E-state index in [0.717, 1.165) is 51.4 Å². The molecule has 11 heteroatoms. The van der Waals surface area contributed by atoms with E-state index in [1.54, 1.807) is 48.5 Å². The van der Waals surface area contributed by atoms with Gasteiger partial charge in [0.15, 0.2) is 0 Å². The zero-order valence-electron chi connectivity index (χ0n) is 24.9. The zero-order valence-corrected chi connectivity index (χ0v) is 25.7. The van der Waals surface area contributed by atoms with Crippen LogP contribution in [0.15, 0.2) is 72.8 Å². The molecule has 4 N–H and O–H groups in total. The highest BCUT2D eigenvalue weighted by molar-refractivity contribution is 7.92. The monoisotopic (exact) mass is 607 g/mol. The Morgan fingerprint density at radius 3 is 2.21 bits per heavy atom. The van der Waals surface area contributed by atoms with Crippen LogP contribution in [0.25, 0.3) is 0 Å². The van der Waals surface area contributed by atoms with E-state index in [-0.39, 0.29) is 18.0 Å². The number of hydrogen-bond acceptors (Lipinski definition) is 6. The van der Waals surface area contributed by atoms with Crippen molar-refractivity contribution in [3.05, 3.63) is 78.4 Å². The molecule has 0 bridgehead atoms. The van der Waals surface area contributed by atoms with Crippen molar-refractivity contribution in [2.75, 3.05) is 28.2 Å². The number of unbranched alkanes of at least 4 members (excludes halogenated alkanes) is 1. The van der Waals surface area contributed by atoms with Crippen molar-refractivity contribution in [2.45, 2.75) is 64.6 Å². The lowest BCUT2D eigenvalue weighted by atomic mass is 9.93. The summed E-state index contributed by atoms with van der Waals surface area (Å²) in [4.78, 5) is 26.6. The lowest BCUT2D eigenvalue weighted by molar-refractivity contribution is -0.114. The molecule has 1 aliphatic rings. The molecule has 0 radical (unpaired) electrons. The molecular weight excluding hydrogens is 566 g/mol. The number of anilines is 3. The van der Waals surface area contributed by atoms with Gasteiger partial charge in [-0.2, -0.15) is 0 Å². The summed E-state index contributed by atoms with van der Waals surface area (Å²) in [6, 6.07) is 22.1. The first-order valence-corrected chi connectivity index (χ1v) is 16.5. The minimum absolute atomic E-state index is 0.0754. The summed E-state index contributed by atoms with van der Waals surface area (Å²) in [6.07, 6.45) is 6.16. The Hall–Kier alpha value is -4.09. The van der Waals surface area contributed by atoms with E-state index in [1.165, 1.54) is 12.5 Å². The first-order valence-electron chi connectivity index (χ1n) is 14.6. The Balaban J connectivity index is 1.30. The van der Waals surface area contributed by atoms with Crippen LogP contribution >= 0.6 is 0 Å². The van der Waals surface area contributed by atoms with E-state index in [1.807, 2.05) is 12.1 Å². The molecule has 2 unspecified atom stereocenters. The smallest absolute Gasteiger partial charge is 0.319 e. The molecule has 1 heterocycles. The molecule has 1 saturated heterocycles.